The van der Waals surface area contributed by atoms with Crippen molar-refractivity contribution in [2.45, 2.75) is 12.1 Å². The fourth-order valence-electron chi connectivity index (χ4n) is 2.93. The zero-order valence-electron chi connectivity index (χ0n) is 11.5. The van der Waals surface area contributed by atoms with E-state index in [1.807, 2.05) is 0 Å². The highest BCUT2D eigenvalue weighted by molar-refractivity contribution is 5.78. The molecule has 2 aromatic carbocycles. The van der Waals surface area contributed by atoms with Gasteiger partial charge in [-0.3, -0.25) is 5.32 Å². The predicted octanol–water partition coefficient (Wildman–Crippen LogP) is 2.35. The molecule has 0 aliphatic heterocycles. The fraction of sp³-hybridized carbons (Fsp3) is 0.294. The maximum Gasteiger partial charge on any atom is 0.0638 e. The molecule has 0 heterocycles. The van der Waals surface area contributed by atoms with E-state index in [-0.39, 0.29) is 18.7 Å². The Balaban J connectivity index is 1.98. The van der Waals surface area contributed by atoms with Crippen LogP contribution < -0.4 is 5.32 Å². The molecule has 2 N–H and O–H groups in total. The second-order valence-corrected chi connectivity index (χ2v) is 5.11. The second-order valence-electron chi connectivity index (χ2n) is 5.11. The third-order valence-corrected chi connectivity index (χ3v) is 3.82. The summed E-state index contributed by atoms with van der Waals surface area (Å²) >= 11 is 0. The summed E-state index contributed by atoms with van der Waals surface area (Å²) in [5.41, 5.74) is 5.08. The van der Waals surface area contributed by atoms with Crippen LogP contribution in [0.15, 0.2) is 48.5 Å². The summed E-state index contributed by atoms with van der Waals surface area (Å²) in [5.74, 6) is 0. The molecule has 0 radical (unpaired) electrons. The minimum atomic E-state index is -0.0655. The number of nitrogens with one attached hydrogen (secondary N) is 1. The first-order valence-corrected chi connectivity index (χ1v) is 6.89. The van der Waals surface area contributed by atoms with Crippen LogP contribution in [-0.2, 0) is 4.74 Å². The van der Waals surface area contributed by atoms with Gasteiger partial charge in [-0.1, -0.05) is 48.5 Å². The largest absolute Gasteiger partial charge is 0.395 e. The van der Waals surface area contributed by atoms with Crippen molar-refractivity contribution in [3.05, 3.63) is 59.7 Å². The van der Waals surface area contributed by atoms with Gasteiger partial charge in [-0.15, -0.1) is 0 Å². The Morgan fingerprint density at radius 3 is 2.10 bits per heavy atom. The number of hydrogen-bond donors (Lipinski definition) is 2. The molecule has 20 heavy (non-hydrogen) atoms. The van der Waals surface area contributed by atoms with Crippen molar-refractivity contribution < 1.29 is 9.84 Å². The summed E-state index contributed by atoms with van der Waals surface area (Å²) in [5, 5.41) is 13.0. The van der Waals surface area contributed by atoms with Crippen LogP contribution in [0.5, 0.6) is 0 Å². The Hall–Kier alpha value is -1.68. The van der Waals surface area contributed by atoms with Crippen LogP contribution >= 0.6 is 0 Å². The van der Waals surface area contributed by atoms with Gasteiger partial charge in [0.1, 0.15) is 0 Å². The molecular weight excluding hydrogens is 250 g/mol. The molecule has 1 unspecified atom stereocenters. The van der Waals surface area contributed by atoms with Gasteiger partial charge in [0.05, 0.1) is 25.3 Å². The van der Waals surface area contributed by atoms with E-state index in [9.17, 15) is 5.11 Å². The first-order valence-electron chi connectivity index (χ1n) is 6.89. The number of aliphatic hydroxyl groups is 1. The normalized spacial score (nSPS) is 14.9. The van der Waals surface area contributed by atoms with Crippen molar-refractivity contribution in [3.63, 3.8) is 0 Å². The first-order chi connectivity index (χ1) is 9.85. The van der Waals surface area contributed by atoms with Crippen LogP contribution in [0.1, 0.15) is 17.2 Å². The van der Waals surface area contributed by atoms with Crippen molar-refractivity contribution in [2.24, 2.45) is 0 Å². The van der Waals surface area contributed by atoms with Gasteiger partial charge in [0.25, 0.3) is 0 Å². The molecule has 1 aliphatic rings. The highest BCUT2D eigenvalue weighted by Crippen LogP contribution is 2.43. The van der Waals surface area contributed by atoms with Crippen molar-refractivity contribution >= 4 is 0 Å². The van der Waals surface area contributed by atoms with E-state index >= 15 is 0 Å². The van der Waals surface area contributed by atoms with Crippen LogP contribution in [-0.4, -0.2) is 31.5 Å². The Morgan fingerprint density at radius 1 is 1.05 bits per heavy atom. The fourth-order valence-corrected chi connectivity index (χ4v) is 2.93. The van der Waals surface area contributed by atoms with Gasteiger partial charge in [0.2, 0.25) is 0 Å². The molecule has 1 aliphatic carbocycles. The molecule has 1 atom stereocenters. The molecule has 3 heteroatoms. The Morgan fingerprint density at radius 2 is 1.60 bits per heavy atom. The quantitative estimate of drug-likeness (QED) is 0.875. The molecule has 2 aromatic rings. The number of benzene rings is 2. The average Bonchev–Trinajstić information content (AvgIpc) is 2.82. The number of aliphatic hydroxyl groups excluding tert-OH is 1. The summed E-state index contributed by atoms with van der Waals surface area (Å²) in [7, 11) is 1.65. The van der Waals surface area contributed by atoms with Crippen LogP contribution in [0, 0.1) is 0 Å². The molecule has 0 aromatic heterocycles. The number of fused-ring (bicyclic) bond motifs is 3. The van der Waals surface area contributed by atoms with E-state index in [4.69, 9.17) is 4.74 Å². The molecular formula is C17H19NO2. The van der Waals surface area contributed by atoms with Gasteiger partial charge >= 0.3 is 0 Å². The van der Waals surface area contributed by atoms with E-state index in [0.717, 1.165) is 0 Å². The molecule has 3 nitrogen and oxygen atoms in total. The highest BCUT2D eigenvalue weighted by Gasteiger charge is 2.29. The van der Waals surface area contributed by atoms with E-state index in [2.05, 4.69) is 53.8 Å². The first kappa shape index (κ1) is 13.3. The zero-order valence-corrected chi connectivity index (χ0v) is 11.5. The lowest BCUT2D eigenvalue weighted by atomic mass is 10.0. The van der Waals surface area contributed by atoms with E-state index in [0.29, 0.717) is 6.61 Å². The molecule has 0 bridgehead atoms. The van der Waals surface area contributed by atoms with Crippen molar-refractivity contribution in [1.82, 2.24) is 5.32 Å². The maximum absolute atomic E-state index is 9.47. The third-order valence-electron chi connectivity index (χ3n) is 3.82. The molecule has 0 amide bonds. The number of rotatable bonds is 5. The molecule has 0 saturated carbocycles. The van der Waals surface area contributed by atoms with Gasteiger partial charge in [-0.05, 0) is 22.3 Å². The Labute approximate surface area is 119 Å². The van der Waals surface area contributed by atoms with Crippen LogP contribution in [0.3, 0.4) is 0 Å². The van der Waals surface area contributed by atoms with E-state index in [1.54, 1.807) is 7.11 Å². The molecule has 0 fully saturated rings. The number of ether oxygens (including phenoxy) is 1. The van der Waals surface area contributed by atoms with Crippen molar-refractivity contribution in [2.75, 3.05) is 20.3 Å². The van der Waals surface area contributed by atoms with Gasteiger partial charge in [0, 0.05) is 7.11 Å². The number of hydrogen-bond acceptors (Lipinski definition) is 3. The lowest BCUT2D eigenvalue weighted by Gasteiger charge is -2.22. The van der Waals surface area contributed by atoms with Gasteiger partial charge in [-0.25, -0.2) is 0 Å². The van der Waals surface area contributed by atoms with Gasteiger partial charge in [-0.2, -0.15) is 0 Å². The van der Waals surface area contributed by atoms with Crippen LogP contribution in [0.25, 0.3) is 11.1 Å². The third kappa shape index (κ3) is 2.24. The van der Waals surface area contributed by atoms with Gasteiger partial charge < -0.3 is 9.84 Å². The monoisotopic (exact) mass is 269 g/mol. The minimum Gasteiger partial charge on any atom is -0.395 e. The van der Waals surface area contributed by atoms with E-state index in [1.165, 1.54) is 22.3 Å². The second kappa shape index (κ2) is 5.75. The SMILES string of the molecule is COCC(CO)NC1c2ccccc2-c2ccccc21. The Kier molecular flexibility index (Phi) is 3.83. The van der Waals surface area contributed by atoms with Crippen molar-refractivity contribution in [1.29, 1.82) is 0 Å². The van der Waals surface area contributed by atoms with Crippen LogP contribution in [0.2, 0.25) is 0 Å². The lowest BCUT2D eigenvalue weighted by molar-refractivity contribution is 0.125. The smallest absolute Gasteiger partial charge is 0.0638 e. The molecule has 104 valence electrons. The maximum atomic E-state index is 9.47. The lowest BCUT2D eigenvalue weighted by Crippen LogP contribution is -2.38. The standard InChI is InChI=1S/C17H19NO2/c1-20-11-12(10-19)18-17-15-8-4-2-6-13(15)14-7-3-5-9-16(14)17/h2-9,12,17-19H,10-11H2,1H3. The molecule has 3 rings (SSSR count). The summed E-state index contributed by atoms with van der Waals surface area (Å²) in [6.45, 7) is 0.562. The summed E-state index contributed by atoms with van der Waals surface area (Å²) in [6.07, 6.45) is 0. The summed E-state index contributed by atoms with van der Waals surface area (Å²) in [4.78, 5) is 0. The van der Waals surface area contributed by atoms with Crippen molar-refractivity contribution in [3.8, 4) is 11.1 Å². The van der Waals surface area contributed by atoms with Crippen LogP contribution in [0.4, 0.5) is 0 Å². The highest BCUT2D eigenvalue weighted by atomic mass is 16.5. The summed E-state index contributed by atoms with van der Waals surface area (Å²) < 4.78 is 5.16. The number of methoxy groups -OCH3 is 1. The van der Waals surface area contributed by atoms with E-state index < -0.39 is 0 Å². The zero-order chi connectivity index (χ0) is 13.9. The average molecular weight is 269 g/mol. The molecule has 0 saturated heterocycles. The molecule has 0 spiro atoms. The topological polar surface area (TPSA) is 41.5 Å². The minimum absolute atomic E-state index is 0.0642. The Bertz CT molecular complexity index is 552. The van der Waals surface area contributed by atoms with Gasteiger partial charge in [0.15, 0.2) is 0 Å². The predicted molar refractivity (Wildman–Crippen MR) is 79.6 cm³/mol. The summed E-state index contributed by atoms with van der Waals surface area (Å²) in [6, 6.07) is 16.9.